The molecule has 0 atom stereocenters. The van der Waals surface area contributed by atoms with Crippen LogP contribution in [-0.2, 0) is 4.79 Å². The number of anilines is 1. The van der Waals surface area contributed by atoms with Gasteiger partial charge in [-0.3, -0.25) is 19.3 Å². The summed E-state index contributed by atoms with van der Waals surface area (Å²) in [6, 6.07) is 3.07. The summed E-state index contributed by atoms with van der Waals surface area (Å²) in [5.74, 6) is -5.12. The van der Waals surface area contributed by atoms with Crippen molar-refractivity contribution in [1.29, 1.82) is 0 Å². The Hall–Kier alpha value is -2.85. The molecule has 3 rings (SSSR count). The summed E-state index contributed by atoms with van der Waals surface area (Å²) in [5.41, 5.74) is -1.23. The molecule has 0 spiro atoms. The van der Waals surface area contributed by atoms with E-state index in [9.17, 15) is 24.0 Å². The lowest BCUT2D eigenvalue weighted by molar-refractivity contribution is -0.116. The second-order valence-electron chi connectivity index (χ2n) is 6.48. The van der Waals surface area contributed by atoms with E-state index in [1.54, 1.807) is 0 Å². The Morgan fingerprint density at radius 1 is 0.781 bits per heavy atom. The molecule has 13 heteroatoms. The number of carbonyl (C=O) groups excluding carboxylic acids is 3. The van der Waals surface area contributed by atoms with Gasteiger partial charge in [0.05, 0.1) is 42.3 Å². The number of carbonyl (C=O) groups is 5. The molecule has 0 saturated carbocycles. The highest BCUT2D eigenvalue weighted by atomic mass is 35.5. The standard InChI is InChI=1S/C19H10Cl4N2O7/c20-12-10-11(13(21)15(23)14(12)22)17(28)25(16(10)27)2-1-9(26)24-8-4-6(18(29)30)3-7(5-8)19(31)32/h3-5H,1-2H2,(H,24,26)(H,29,30)(H,31,32). The van der Waals surface area contributed by atoms with Gasteiger partial charge >= 0.3 is 11.9 Å². The molecule has 0 bridgehead atoms. The van der Waals surface area contributed by atoms with Crippen molar-refractivity contribution in [2.75, 3.05) is 11.9 Å². The summed E-state index contributed by atoms with van der Waals surface area (Å²) in [7, 11) is 0. The number of hydrogen-bond acceptors (Lipinski definition) is 5. The van der Waals surface area contributed by atoms with Crippen LogP contribution in [0.1, 0.15) is 47.9 Å². The molecule has 2 aromatic carbocycles. The van der Waals surface area contributed by atoms with Crippen molar-refractivity contribution in [2.24, 2.45) is 0 Å². The van der Waals surface area contributed by atoms with E-state index < -0.39 is 29.7 Å². The molecule has 32 heavy (non-hydrogen) atoms. The van der Waals surface area contributed by atoms with Gasteiger partial charge in [-0.2, -0.15) is 0 Å². The number of benzene rings is 2. The van der Waals surface area contributed by atoms with E-state index >= 15 is 0 Å². The van der Waals surface area contributed by atoms with Gasteiger partial charge in [0.25, 0.3) is 11.8 Å². The second-order valence-corrected chi connectivity index (χ2v) is 7.99. The molecule has 0 aliphatic carbocycles. The molecule has 0 fully saturated rings. The van der Waals surface area contributed by atoms with Gasteiger partial charge in [0.15, 0.2) is 0 Å². The predicted molar refractivity (Wildman–Crippen MR) is 115 cm³/mol. The third-order valence-corrected chi connectivity index (χ3v) is 6.26. The predicted octanol–water partition coefficient (Wildman–Crippen LogP) is 4.32. The van der Waals surface area contributed by atoms with Crippen molar-refractivity contribution in [3.05, 3.63) is 60.5 Å². The molecule has 166 valence electrons. The number of carboxylic acid groups (broad SMARTS) is 2. The van der Waals surface area contributed by atoms with Crippen LogP contribution in [0.25, 0.3) is 0 Å². The first kappa shape index (κ1) is 23.8. The average molecular weight is 520 g/mol. The van der Waals surface area contributed by atoms with Crippen molar-refractivity contribution in [2.45, 2.75) is 6.42 Å². The van der Waals surface area contributed by atoms with Crippen LogP contribution in [0.15, 0.2) is 18.2 Å². The lowest BCUT2D eigenvalue weighted by Gasteiger charge is -2.14. The van der Waals surface area contributed by atoms with Crippen LogP contribution in [-0.4, -0.2) is 51.3 Å². The van der Waals surface area contributed by atoms with Crippen molar-refractivity contribution in [3.8, 4) is 0 Å². The molecule has 0 unspecified atom stereocenters. The Labute approximate surface area is 199 Å². The Bertz CT molecular complexity index is 1150. The molecular weight excluding hydrogens is 510 g/mol. The summed E-state index contributed by atoms with van der Waals surface area (Å²) in [6.07, 6.45) is -0.387. The number of nitrogens with one attached hydrogen (secondary N) is 1. The van der Waals surface area contributed by atoms with Gasteiger partial charge in [-0.1, -0.05) is 46.4 Å². The van der Waals surface area contributed by atoms with Crippen molar-refractivity contribution in [1.82, 2.24) is 4.90 Å². The molecule has 3 N–H and O–H groups in total. The summed E-state index contributed by atoms with van der Waals surface area (Å²) in [4.78, 5) is 60.7. The van der Waals surface area contributed by atoms with Gasteiger partial charge in [-0.15, -0.1) is 0 Å². The highest BCUT2D eigenvalue weighted by molar-refractivity contribution is 6.55. The van der Waals surface area contributed by atoms with Gasteiger partial charge in [-0.05, 0) is 18.2 Å². The van der Waals surface area contributed by atoms with Crippen LogP contribution in [0.3, 0.4) is 0 Å². The first-order chi connectivity index (χ1) is 14.9. The topological polar surface area (TPSA) is 141 Å². The molecule has 0 saturated heterocycles. The number of aromatic carboxylic acids is 2. The highest BCUT2D eigenvalue weighted by Crippen LogP contribution is 2.44. The monoisotopic (exact) mass is 518 g/mol. The summed E-state index contributed by atoms with van der Waals surface area (Å²) < 4.78 is 0. The van der Waals surface area contributed by atoms with E-state index in [2.05, 4.69) is 5.32 Å². The Morgan fingerprint density at radius 2 is 1.22 bits per heavy atom. The van der Waals surface area contributed by atoms with E-state index in [0.717, 1.165) is 23.1 Å². The summed E-state index contributed by atoms with van der Waals surface area (Å²) in [5, 5.41) is 19.7. The highest BCUT2D eigenvalue weighted by Gasteiger charge is 2.41. The van der Waals surface area contributed by atoms with Crippen molar-refractivity contribution < 1.29 is 34.2 Å². The Morgan fingerprint density at radius 3 is 1.62 bits per heavy atom. The van der Waals surface area contributed by atoms with Crippen LogP contribution in [0.2, 0.25) is 20.1 Å². The molecular formula is C19H10Cl4N2O7. The fourth-order valence-corrected chi connectivity index (χ4v) is 4.00. The molecule has 0 aromatic heterocycles. The minimum absolute atomic E-state index is 0.0840. The number of fused-ring (bicyclic) bond motifs is 1. The molecule has 1 aliphatic rings. The molecule has 0 radical (unpaired) electrons. The number of rotatable bonds is 6. The fourth-order valence-electron chi connectivity index (χ4n) is 2.98. The maximum atomic E-state index is 12.7. The van der Waals surface area contributed by atoms with Crippen LogP contribution < -0.4 is 5.32 Å². The number of nitrogens with zero attached hydrogens (tertiary/aromatic N) is 1. The minimum Gasteiger partial charge on any atom is -0.478 e. The number of amides is 3. The van der Waals surface area contributed by atoms with E-state index in [4.69, 9.17) is 56.6 Å². The van der Waals surface area contributed by atoms with E-state index in [0.29, 0.717) is 0 Å². The lowest BCUT2D eigenvalue weighted by Crippen LogP contribution is -2.33. The van der Waals surface area contributed by atoms with Crippen LogP contribution >= 0.6 is 46.4 Å². The summed E-state index contributed by atoms with van der Waals surface area (Å²) in [6.45, 7) is -0.371. The zero-order chi connectivity index (χ0) is 23.9. The normalized spacial score (nSPS) is 12.7. The van der Waals surface area contributed by atoms with Gasteiger partial charge in [-0.25, -0.2) is 9.59 Å². The average Bonchev–Trinajstić information content (AvgIpc) is 2.98. The number of carboxylic acids is 2. The minimum atomic E-state index is -1.39. The van der Waals surface area contributed by atoms with Crippen LogP contribution in [0.4, 0.5) is 5.69 Å². The third kappa shape index (κ3) is 4.24. The third-order valence-electron chi connectivity index (χ3n) is 4.46. The van der Waals surface area contributed by atoms with Gasteiger partial charge in [0.1, 0.15) is 0 Å². The van der Waals surface area contributed by atoms with E-state index in [-0.39, 0.29) is 61.0 Å². The molecule has 3 amide bonds. The largest absolute Gasteiger partial charge is 0.478 e. The van der Waals surface area contributed by atoms with Crippen molar-refractivity contribution >= 4 is 81.8 Å². The zero-order valence-electron chi connectivity index (χ0n) is 15.5. The maximum absolute atomic E-state index is 12.7. The van der Waals surface area contributed by atoms with Gasteiger partial charge in [0.2, 0.25) is 5.91 Å². The first-order valence-corrected chi connectivity index (χ1v) is 10.1. The fraction of sp³-hybridized carbons (Fsp3) is 0.105. The van der Waals surface area contributed by atoms with E-state index in [1.165, 1.54) is 0 Å². The Balaban J connectivity index is 1.78. The van der Waals surface area contributed by atoms with Crippen LogP contribution in [0.5, 0.6) is 0 Å². The number of halogens is 4. The van der Waals surface area contributed by atoms with Gasteiger partial charge in [0, 0.05) is 18.7 Å². The number of hydrogen-bond donors (Lipinski definition) is 3. The second kappa shape index (κ2) is 8.95. The van der Waals surface area contributed by atoms with E-state index in [1.807, 2.05) is 0 Å². The van der Waals surface area contributed by atoms with Gasteiger partial charge < -0.3 is 15.5 Å². The Kier molecular flexibility index (Phi) is 6.66. The summed E-state index contributed by atoms with van der Waals surface area (Å²) >= 11 is 24.0. The van der Waals surface area contributed by atoms with Crippen LogP contribution in [0, 0.1) is 0 Å². The molecule has 1 aliphatic heterocycles. The van der Waals surface area contributed by atoms with Crippen molar-refractivity contribution in [3.63, 3.8) is 0 Å². The first-order valence-electron chi connectivity index (χ1n) is 8.57. The lowest BCUT2D eigenvalue weighted by atomic mass is 10.1. The quantitative estimate of drug-likeness (QED) is 0.293. The molecule has 2 aromatic rings. The maximum Gasteiger partial charge on any atom is 0.335 e. The molecule has 1 heterocycles. The SMILES string of the molecule is O=C(CCN1C(=O)c2c(Cl)c(Cl)c(Cl)c(Cl)c2C1=O)Nc1cc(C(=O)O)cc(C(=O)O)c1. The molecule has 9 nitrogen and oxygen atoms in total. The zero-order valence-corrected chi connectivity index (χ0v) is 18.6. The number of imide groups is 1. The smallest absolute Gasteiger partial charge is 0.335 e.